The van der Waals surface area contributed by atoms with Gasteiger partial charge >= 0.3 is 0 Å². The first kappa shape index (κ1) is 18.5. The highest BCUT2D eigenvalue weighted by Crippen LogP contribution is 2.22. The van der Waals surface area contributed by atoms with Gasteiger partial charge in [-0.1, -0.05) is 42.5 Å². The number of benzene rings is 2. The maximum absolute atomic E-state index is 12.9. The van der Waals surface area contributed by atoms with Gasteiger partial charge in [-0.3, -0.25) is 4.79 Å². The molecule has 0 radical (unpaired) electrons. The number of aliphatic hydroxyl groups is 1. The summed E-state index contributed by atoms with van der Waals surface area (Å²) in [5, 5.41) is 14.0. The minimum absolute atomic E-state index is 0.199. The molecule has 2 N–H and O–H groups in total. The minimum Gasteiger partial charge on any atom is -0.379 e. The van der Waals surface area contributed by atoms with Gasteiger partial charge in [0.25, 0.3) is 5.91 Å². The van der Waals surface area contributed by atoms with Crippen LogP contribution in [0, 0.1) is 5.82 Å². The topological polar surface area (TPSA) is 52.6 Å². The molecule has 1 fully saturated rings. The Labute approximate surface area is 153 Å². The van der Waals surface area contributed by atoms with Crippen LogP contribution < -0.4 is 5.32 Å². The van der Waals surface area contributed by atoms with Crippen LogP contribution >= 0.6 is 0 Å². The molecule has 138 valence electrons. The zero-order valence-corrected chi connectivity index (χ0v) is 14.8. The number of hydrogen-bond donors (Lipinski definition) is 2. The molecule has 26 heavy (non-hydrogen) atoms. The van der Waals surface area contributed by atoms with E-state index in [0.29, 0.717) is 26.1 Å². The van der Waals surface area contributed by atoms with Crippen LogP contribution in [0.2, 0.25) is 0 Å². The highest BCUT2D eigenvalue weighted by Gasteiger charge is 2.41. The van der Waals surface area contributed by atoms with Crippen molar-refractivity contribution in [2.24, 2.45) is 0 Å². The Morgan fingerprint density at radius 1 is 1.08 bits per heavy atom. The smallest absolute Gasteiger partial charge is 0.255 e. The average molecular weight is 356 g/mol. The molecule has 1 saturated heterocycles. The van der Waals surface area contributed by atoms with Crippen LogP contribution in [0.15, 0.2) is 54.6 Å². The number of amides is 1. The van der Waals surface area contributed by atoms with Gasteiger partial charge < -0.3 is 15.3 Å². The SMILES string of the molecule is O=C1N(CCc2ccccc2)CCC[C@]1(O)CNCc1ccc(F)cc1. The van der Waals surface area contributed by atoms with E-state index in [0.717, 1.165) is 18.4 Å². The van der Waals surface area contributed by atoms with E-state index in [1.165, 1.54) is 17.7 Å². The molecule has 0 unspecified atom stereocenters. The Morgan fingerprint density at radius 3 is 2.54 bits per heavy atom. The van der Waals surface area contributed by atoms with Gasteiger partial charge in [0.05, 0.1) is 0 Å². The number of piperidine rings is 1. The van der Waals surface area contributed by atoms with Crippen molar-refractivity contribution >= 4 is 5.91 Å². The maximum Gasteiger partial charge on any atom is 0.255 e. The number of carbonyl (C=O) groups is 1. The largest absolute Gasteiger partial charge is 0.379 e. The highest BCUT2D eigenvalue weighted by molar-refractivity contribution is 5.86. The molecule has 5 heteroatoms. The van der Waals surface area contributed by atoms with E-state index in [9.17, 15) is 14.3 Å². The second-order valence-electron chi connectivity index (χ2n) is 6.89. The van der Waals surface area contributed by atoms with Crippen LogP contribution in [0.5, 0.6) is 0 Å². The van der Waals surface area contributed by atoms with Crippen molar-refractivity contribution in [3.05, 3.63) is 71.5 Å². The lowest BCUT2D eigenvalue weighted by Crippen LogP contribution is -2.58. The monoisotopic (exact) mass is 356 g/mol. The number of halogens is 1. The highest BCUT2D eigenvalue weighted by atomic mass is 19.1. The third-order valence-electron chi connectivity index (χ3n) is 4.88. The number of nitrogens with one attached hydrogen (secondary N) is 1. The molecular weight excluding hydrogens is 331 g/mol. The number of likely N-dealkylation sites (tertiary alicyclic amines) is 1. The molecule has 1 aliphatic heterocycles. The molecule has 0 aliphatic carbocycles. The van der Waals surface area contributed by atoms with E-state index in [4.69, 9.17) is 0 Å². The summed E-state index contributed by atoms with van der Waals surface area (Å²) in [5.41, 5.74) is 0.734. The van der Waals surface area contributed by atoms with Gasteiger partial charge in [0.1, 0.15) is 5.82 Å². The lowest BCUT2D eigenvalue weighted by atomic mass is 9.91. The minimum atomic E-state index is -1.37. The Morgan fingerprint density at radius 2 is 1.81 bits per heavy atom. The van der Waals surface area contributed by atoms with E-state index in [-0.39, 0.29) is 18.3 Å². The average Bonchev–Trinajstić information content (AvgIpc) is 2.66. The summed E-state index contributed by atoms with van der Waals surface area (Å²) in [6.07, 6.45) is 2.03. The Hall–Kier alpha value is -2.24. The van der Waals surface area contributed by atoms with Crippen LogP contribution in [-0.4, -0.2) is 41.1 Å². The normalized spacial score (nSPS) is 20.4. The Kier molecular flexibility index (Phi) is 6.01. The van der Waals surface area contributed by atoms with Crippen LogP contribution in [0.3, 0.4) is 0 Å². The van der Waals surface area contributed by atoms with E-state index in [2.05, 4.69) is 5.32 Å². The van der Waals surface area contributed by atoms with Crippen LogP contribution in [0.25, 0.3) is 0 Å². The van der Waals surface area contributed by atoms with E-state index >= 15 is 0 Å². The second kappa shape index (κ2) is 8.43. The van der Waals surface area contributed by atoms with Crippen molar-refractivity contribution < 1.29 is 14.3 Å². The molecule has 4 nitrogen and oxygen atoms in total. The molecule has 1 aliphatic rings. The van der Waals surface area contributed by atoms with Gasteiger partial charge in [-0.25, -0.2) is 4.39 Å². The van der Waals surface area contributed by atoms with Gasteiger partial charge in [-0.15, -0.1) is 0 Å². The van der Waals surface area contributed by atoms with Crippen molar-refractivity contribution in [1.82, 2.24) is 10.2 Å². The van der Waals surface area contributed by atoms with Gasteiger partial charge in [-0.05, 0) is 42.5 Å². The quantitative estimate of drug-likeness (QED) is 0.802. The molecule has 1 heterocycles. The first-order chi connectivity index (χ1) is 12.6. The van der Waals surface area contributed by atoms with Gasteiger partial charge in [0, 0.05) is 26.2 Å². The molecule has 0 spiro atoms. The third kappa shape index (κ3) is 4.68. The van der Waals surface area contributed by atoms with Gasteiger partial charge in [-0.2, -0.15) is 0 Å². The lowest BCUT2D eigenvalue weighted by Gasteiger charge is -2.38. The van der Waals surface area contributed by atoms with Gasteiger partial charge in [0.2, 0.25) is 0 Å². The predicted octanol–water partition coefficient (Wildman–Crippen LogP) is 2.51. The van der Waals surface area contributed by atoms with Gasteiger partial charge in [0.15, 0.2) is 5.60 Å². The number of rotatable bonds is 7. The summed E-state index contributed by atoms with van der Waals surface area (Å²) in [6, 6.07) is 16.2. The molecule has 2 aromatic carbocycles. The van der Waals surface area contributed by atoms with Crippen LogP contribution in [0.4, 0.5) is 4.39 Å². The molecule has 0 saturated carbocycles. The molecule has 3 rings (SSSR count). The van der Waals surface area contributed by atoms with Crippen LogP contribution in [-0.2, 0) is 17.8 Å². The van der Waals surface area contributed by atoms with Crippen molar-refractivity contribution in [3.63, 3.8) is 0 Å². The maximum atomic E-state index is 12.9. The van der Waals surface area contributed by atoms with Crippen molar-refractivity contribution in [1.29, 1.82) is 0 Å². The fraction of sp³-hybridized carbons (Fsp3) is 0.381. The lowest BCUT2D eigenvalue weighted by molar-refractivity contribution is -0.156. The first-order valence-corrected chi connectivity index (χ1v) is 9.08. The molecule has 0 bridgehead atoms. The molecule has 0 aromatic heterocycles. The number of hydrogen-bond acceptors (Lipinski definition) is 3. The summed E-state index contributed by atoms with van der Waals surface area (Å²) in [7, 11) is 0. The standard InChI is InChI=1S/C21H25FN2O2/c22-19-9-7-18(8-10-19)15-23-16-21(26)12-4-13-24(20(21)25)14-11-17-5-2-1-3-6-17/h1-3,5-10,23,26H,4,11-16H2/t21-/m0/s1. The summed E-state index contributed by atoms with van der Waals surface area (Å²) in [5.74, 6) is -0.477. The molecule has 2 aromatic rings. The Bertz CT molecular complexity index is 721. The summed E-state index contributed by atoms with van der Waals surface area (Å²) >= 11 is 0. The van der Waals surface area contributed by atoms with Crippen molar-refractivity contribution in [2.45, 2.75) is 31.4 Å². The molecular formula is C21H25FN2O2. The number of nitrogens with zero attached hydrogens (tertiary/aromatic N) is 1. The fourth-order valence-corrected chi connectivity index (χ4v) is 3.37. The first-order valence-electron chi connectivity index (χ1n) is 9.08. The molecule has 1 atom stereocenters. The fourth-order valence-electron chi connectivity index (χ4n) is 3.37. The summed E-state index contributed by atoms with van der Waals surface area (Å²) in [6.45, 7) is 1.99. The van der Waals surface area contributed by atoms with E-state index in [1.807, 2.05) is 30.3 Å². The van der Waals surface area contributed by atoms with E-state index in [1.54, 1.807) is 17.0 Å². The number of carbonyl (C=O) groups excluding carboxylic acids is 1. The van der Waals surface area contributed by atoms with Crippen LogP contribution in [0.1, 0.15) is 24.0 Å². The summed E-state index contributed by atoms with van der Waals surface area (Å²) in [4.78, 5) is 14.5. The molecule has 1 amide bonds. The Balaban J connectivity index is 1.52. The summed E-state index contributed by atoms with van der Waals surface area (Å²) < 4.78 is 12.9. The predicted molar refractivity (Wildman–Crippen MR) is 99.0 cm³/mol. The zero-order valence-electron chi connectivity index (χ0n) is 14.8. The zero-order chi connectivity index (χ0) is 18.4. The van der Waals surface area contributed by atoms with E-state index < -0.39 is 5.60 Å². The second-order valence-corrected chi connectivity index (χ2v) is 6.89. The van der Waals surface area contributed by atoms with Crippen molar-refractivity contribution in [2.75, 3.05) is 19.6 Å². The third-order valence-corrected chi connectivity index (χ3v) is 4.88. The van der Waals surface area contributed by atoms with Crippen molar-refractivity contribution in [3.8, 4) is 0 Å².